The lowest BCUT2D eigenvalue weighted by atomic mass is 10.0. The molecule has 0 fully saturated rings. The summed E-state index contributed by atoms with van der Waals surface area (Å²) >= 11 is 1.85. The van der Waals surface area contributed by atoms with Crippen molar-refractivity contribution in [2.45, 2.75) is 24.8 Å². The topological polar surface area (TPSA) is 38.0 Å². The summed E-state index contributed by atoms with van der Waals surface area (Å²) in [5, 5.41) is 3.91. The highest BCUT2D eigenvalue weighted by Gasteiger charge is 2.26. The molecule has 0 aromatic heterocycles. The second-order valence-electron chi connectivity index (χ2n) is 5.31. The van der Waals surface area contributed by atoms with Crippen LogP contribution < -0.4 is 11.1 Å². The molecule has 2 nitrogen and oxygen atoms in total. The monoisotopic (exact) mass is 296 g/mol. The van der Waals surface area contributed by atoms with E-state index in [9.17, 15) is 0 Å². The molecule has 1 aliphatic rings. The van der Waals surface area contributed by atoms with E-state index in [0.29, 0.717) is 5.37 Å². The first-order valence-electron chi connectivity index (χ1n) is 7.26. The first-order chi connectivity index (χ1) is 10.2. The van der Waals surface area contributed by atoms with Gasteiger partial charge in [-0.1, -0.05) is 72.4 Å². The van der Waals surface area contributed by atoms with Crippen LogP contribution in [0, 0.1) is 0 Å². The number of nitrogens with one attached hydrogen (secondary N) is 1. The summed E-state index contributed by atoms with van der Waals surface area (Å²) in [6.07, 6.45) is 0.854. The summed E-state index contributed by atoms with van der Waals surface area (Å²) in [4.78, 5) is 1.28. The highest BCUT2D eigenvalue weighted by molar-refractivity contribution is 8.09. The lowest BCUT2D eigenvalue weighted by Crippen LogP contribution is -2.33. The molecule has 0 spiro atoms. The van der Waals surface area contributed by atoms with Crippen LogP contribution in [0.4, 0.5) is 0 Å². The molecule has 0 bridgehead atoms. The van der Waals surface area contributed by atoms with Gasteiger partial charge < -0.3 is 11.1 Å². The highest BCUT2D eigenvalue weighted by Crippen LogP contribution is 2.39. The van der Waals surface area contributed by atoms with Crippen molar-refractivity contribution in [1.29, 1.82) is 0 Å². The first kappa shape index (κ1) is 14.2. The number of benzene rings is 2. The number of nitrogens with two attached hydrogens (primary N) is 1. The smallest absolute Gasteiger partial charge is 0.0739 e. The summed E-state index contributed by atoms with van der Waals surface area (Å²) in [5.74, 6) is 0. The molecule has 2 unspecified atom stereocenters. The van der Waals surface area contributed by atoms with E-state index in [4.69, 9.17) is 5.73 Å². The van der Waals surface area contributed by atoms with Gasteiger partial charge in [-0.3, -0.25) is 0 Å². The summed E-state index contributed by atoms with van der Waals surface area (Å²) < 4.78 is 0. The van der Waals surface area contributed by atoms with Crippen LogP contribution in [0.1, 0.15) is 18.1 Å². The van der Waals surface area contributed by atoms with Crippen molar-refractivity contribution in [3.8, 4) is 0 Å². The van der Waals surface area contributed by atoms with E-state index >= 15 is 0 Å². The van der Waals surface area contributed by atoms with Gasteiger partial charge in [-0.15, -0.1) is 0 Å². The Kier molecular flexibility index (Phi) is 4.32. The van der Waals surface area contributed by atoms with Crippen LogP contribution >= 0.6 is 11.8 Å². The van der Waals surface area contributed by atoms with Crippen molar-refractivity contribution in [2.24, 2.45) is 5.73 Å². The van der Waals surface area contributed by atoms with Crippen molar-refractivity contribution in [3.05, 3.63) is 77.5 Å². The predicted octanol–water partition coefficient (Wildman–Crippen LogP) is 3.61. The zero-order valence-corrected chi connectivity index (χ0v) is 12.9. The van der Waals surface area contributed by atoms with E-state index < -0.39 is 0 Å². The Labute approximate surface area is 130 Å². The van der Waals surface area contributed by atoms with Crippen LogP contribution in [0.25, 0.3) is 4.91 Å². The maximum absolute atomic E-state index is 6.47. The van der Waals surface area contributed by atoms with Crippen LogP contribution in [-0.2, 0) is 6.42 Å². The molecule has 108 valence electrons. The molecule has 2 aromatic carbocycles. The van der Waals surface area contributed by atoms with E-state index in [1.54, 1.807) is 0 Å². The molecule has 0 aliphatic carbocycles. The summed E-state index contributed by atoms with van der Waals surface area (Å²) in [6, 6.07) is 20.9. The maximum atomic E-state index is 6.47. The summed E-state index contributed by atoms with van der Waals surface area (Å²) in [7, 11) is 0. The van der Waals surface area contributed by atoms with Gasteiger partial charge in [0.2, 0.25) is 0 Å². The van der Waals surface area contributed by atoms with Crippen LogP contribution in [0.5, 0.6) is 0 Å². The maximum Gasteiger partial charge on any atom is 0.0739 e. The van der Waals surface area contributed by atoms with Crippen LogP contribution in [-0.4, -0.2) is 11.4 Å². The average molecular weight is 296 g/mol. The molecular formula is C18H20N2S. The van der Waals surface area contributed by atoms with Crippen molar-refractivity contribution in [3.63, 3.8) is 0 Å². The standard InChI is InChI=1S/C18H20N2S/c1-13-20-17(16(19)12-14-8-4-2-5-9-14)18(21-13)15-10-6-3-7-11-15/h2-11,13,16,20H,12,19H2,1H3. The fourth-order valence-electron chi connectivity index (χ4n) is 2.61. The van der Waals surface area contributed by atoms with Gasteiger partial charge in [-0.2, -0.15) is 0 Å². The fraction of sp³-hybridized carbons (Fsp3) is 0.222. The molecule has 0 amide bonds. The van der Waals surface area contributed by atoms with E-state index in [-0.39, 0.29) is 6.04 Å². The molecule has 3 rings (SSSR count). The van der Waals surface area contributed by atoms with E-state index in [1.165, 1.54) is 21.7 Å². The molecule has 3 N–H and O–H groups in total. The van der Waals surface area contributed by atoms with Gasteiger partial charge in [0, 0.05) is 16.6 Å². The quantitative estimate of drug-likeness (QED) is 0.905. The Bertz CT molecular complexity index is 622. The number of thioether (sulfide) groups is 1. The molecular weight excluding hydrogens is 276 g/mol. The number of hydrogen-bond donors (Lipinski definition) is 2. The van der Waals surface area contributed by atoms with Gasteiger partial charge in [0.1, 0.15) is 0 Å². The van der Waals surface area contributed by atoms with Crippen LogP contribution in [0.15, 0.2) is 66.4 Å². The number of rotatable bonds is 4. The Morgan fingerprint density at radius 3 is 2.33 bits per heavy atom. The van der Waals surface area contributed by atoms with E-state index in [1.807, 2.05) is 23.9 Å². The normalized spacial score (nSPS) is 19.4. The summed E-state index contributed by atoms with van der Waals surface area (Å²) in [6.45, 7) is 2.18. The molecule has 2 atom stereocenters. The van der Waals surface area contributed by atoms with Gasteiger partial charge in [0.15, 0.2) is 0 Å². The largest absolute Gasteiger partial charge is 0.374 e. The second-order valence-corrected chi connectivity index (χ2v) is 6.66. The zero-order chi connectivity index (χ0) is 14.7. The molecule has 0 radical (unpaired) electrons. The summed E-state index contributed by atoms with van der Waals surface area (Å²) in [5.41, 5.74) is 10.2. The van der Waals surface area contributed by atoms with E-state index in [2.05, 4.69) is 60.8 Å². The SMILES string of the molecule is CC1NC(C(N)Cc2ccccc2)=C(c2ccccc2)S1. The third-order valence-corrected chi connectivity index (χ3v) is 4.77. The molecule has 21 heavy (non-hydrogen) atoms. The Hall–Kier alpha value is -1.71. The molecule has 1 aliphatic heterocycles. The van der Waals surface area contributed by atoms with Gasteiger partial charge in [0.25, 0.3) is 0 Å². The van der Waals surface area contributed by atoms with Gasteiger partial charge in [0.05, 0.1) is 5.37 Å². The van der Waals surface area contributed by atoms with Crippen molar-refractivity contribution in [2.75, 3.05) is 0 Å². The highest BCUT2D eigenvalue weighted by atomic mass is 32.2. The first-order valence-corrected chi connectivity index (χ1v) is 8.14. The molecule has 2 aromatic rings. The minimum absolute atomic E-state index is 0.0000520. The van der Waals surface area contributed by atoms with Crippen molar-refractivity contribution in [1.82, 2.24) is 5.32 Å². The van der Waals surface area contributed by atoms with E-state index in [0.717, 1.165) is 6.42 Å². The molecule has 0 saturated carbocycles. The lowest BCUT2D eigenvalue weighted by molar-refractivity contribution is 0.675. The average Bonchev–Trinajstić information content (AvgIpc) is 2.91. The Morgan fingerprint density at radius 2 is 1.67 bits per heavy atom. The second kappa shape index (κ2) is 6.37. The van der Waals surface area contributed by atoms with Gasteiger partial charge in [-0.05, 0) is 24.5 Å². The lowest BCUT2D eigenvalue weighted by Gasteiger charge is -2.16. The van der Waals surface area contributed by atoms with Crippen molar-refractivity contribution >= 4 is 16.7 Å². The van der Waals surface area contributed by atoms with Gasteiger partial charge in [-0.25, -0.2) is 0 Å². The fourth-order valence-corrected chi connectivity index (χ4v) is 3.76. The molecule has 1 heterocycles. The molecule has 3 heteroatoms. The zero-order valence-electron chi connectivity index (χ0n) is 12.1. The predicted molar refractivity (Wildman–Crippen MR) is 91.7 cm³/mol. The minimum atomic E-state index is 0.0000520. The number of hydrogen-bond acceptors (Lipinski definition) is 3. The Balaban J connectivity index is 1.87. The molecule has 0 saturated heterocycles. The minimum Gasteiger partial charge on any atom is -0.374 e. The van der Waals surface area contributed by atoms with Crippen molar-refractivity contribution < 1.29 is 0 Å². The van der Waals surface area contributed by atoms with Gasteiger partial charge >= 0.3 is 0 Å². The third kappa shape index (κ3) is 3.31. The van der Waals surface area contributed by atoms with Crippen LogP contribution in [0.2, 0.25) is 0 Å². The third-order valence-electron chi connectivity index (χ3n) is 3.60. The Morgan fingerprint density at radius 1 is 1.05 bits per heavy atom. The van der Waals surface area contributed by atoms with Crippen LogP contribution in [0.3, 0.4) is 0 Å².